The third kappa shape index (κ3) is 5.84. The Bertz CT molecular complexity index is 1230. The second-order valence-electron chi connectivity index (χ2n) is 7.52. The van der Waals surface area contributed by atoms with Crippen LogP contribution in [0.2, 0.25) is 5.02 Å². The molecule has 0 bridgehead atoms. The van der Waals surface area contributed by atoms with Gasteiger partial charge in [-0.3, -0.25) is 14.5 Å². The van der Waals surface area contributed by atoms with Crippen molar-refractivity contribution in [3.8, 4) is 0 Å². The summed E-state index contributed by atoms with van der Waals surface area (Å²) >= 11 is 7.21. The van der Waals surface area contributed by atoms with Crippen molar-refractivity contribution in [2.45, 2.75) is 18.2 Å². The minimum atomic E-state index is -1.04. The molecule has 1 aliphatic rings. The van der Waals surface area contributed by atoms with Crippen molar-refractivity contribution in [2.75, 3.05) is 5.32 Å². The van der Waals surface area contributed by atoms with Gasteiger partial charge >= 0.3 is 5.97 Å². The Morgan fingerprint density at radius 2 is 1.68 bits per heavy atom. The number of hydrogen-bond donors (Lipinski definition) is 2. The summed E-state index contributed by atoms with van der Waals surface area (Å²) in [6, 6.07) is 22.4. The maximum Gasteiger partial charge on any atom is 0.335 e. The van der Waals surface area contributed by atoms with Crippen LogP contribution in [0.4, 0.5) is 11.4 Å². The van der Waals surface area contributed by atoms with Crippen molar-refractivity contribution in [1.82, 2.24) is 4.90 Å². The maximum atomic E-state index is 13.2. The Balaban J connectivity index is 1.50. The van der Waals surface area contributed by atoms with Gasteiger partial charge < -0.3 is 10.4 Å². The highest BCUT2D eigenvalue weighted by atomic mass is 35.5. The second-order valence-corrected chi connectivity index (χ2v) is 9.13. The lowest BCUT2D eigenvalue weighted by Crippen LogP contribution is -2.33. The fourth-order valence-electron chi connectivity index (χ4n) is 3.34. The third-order valence-electron chi connectivity index (χ3n) is 5.04. The van der Waals surface area contributed by atoms with Crippen LogP contribution < -0.4 is 5.32 Å². The van der Waals surface area contributed by atoms with Crippen LogP contribution in [-0.2, 0) is 16.1 Å². The summed E-state index contributed by atoms with van der Waals surface area (Å²) in [5.41, 5.74) is 2.19. The highest BCUT2D eigenvalue weighted by molar-refractivity contribution is 8.15. The summed E-state index contributed by atoms with van der Waals surface area (Å²) in [6.07, 6.45) is -0.0465. The average Bonchev–Trinajstić information content (AvgIpc) is 3.10. The Kier molecular flexibility index (Phi) is 7.30. The lowest BCUT2D eigenvalue weighted by atomic mass is 10.2. The van der Waals surface area contributed by atoms with Gasteiger partial charge in [-0.15, -0.1) is 0 Å². The fraction of sp³-hybridized carbons (Fsp3) is 0.120. The van der Waals surface area contributed by atoms with Crippen LogP contribution in [0.3, 0.4) is 0 Å². The first-order valence-corrected chi connectivity index (χ1v) is 11.6. The molecule has 0 aromatic heterocycles. The highest BCUT2D eigenvalue weighted by Crippen LogP contribution is 2.33. The number of carbonyl (C=O) groups excluding carboxylic acids is 2. The molecule has 172 valence electrons. The third-order valence-corrected chi connectivity index (χ3v) is 6.47. The monoisotopic (exact) mass is 493 g/mol. The number of halogens is 1. The topological polar surface area (TPSA) is 99.1 Å². The summed E-state index contributed by atoms with van der Waals surface area (Å²) in [5.74, 6) is -1.59. The number of carbonyl (C=O) groups is 3. The van der Waals surface area contributed by atoms with Crippen LogP contribution in [0.25, 0.3) is 0 Å². The molecular formula is C25H20ClN3O4S. The van der Waals surface area contributed by atoms with Crippen LogP contribution >= 0.6 is 23.4 Å². The van der Waals surface area contributed by atoms with Crippen molar-refractivity contribution >= 4 is 57.7 Å². The van der Waals surface area contributed by atoms with Gasteiger partial charge in [-0.2, -0.15) is 0 Å². The van der Waals surface area contributed by atoms with E-state index in [1.165, 1.54) is 36.0 Å². The van der Waals surface area contributed by atoms with E-state index >= 15 is 0 Å². The Labute approximate surface area is 205 Å². The summed E-state index contributed by atoms with van der Waals surface area (Å²) < 4.78 is 0. The van der Waals surface area contributed by atoms with E-state index in [1.807, 2.05) is 30.3 Å². The molecule has 1 atom stereocenters. The van der Waals surface area contributed by atoms with Crippen LogP contribution in [0.5, 0.6) is 0 Å². The first-order chi connectivity index (χ1) is 16.4. The number of hydrogen-bond acceptors (Lipinski definition) is 5. The molecule has 9 heteroatoms. The number of carboxylic acid groups (broad SMARTS) is 1. The molecule has 0 aliphatic carbocycles. The molecule has 2 N–H and O–H groups in total. The van der Waals surface area contributed by atoms with E-state index in [0.717, 1.165) is 5.56 Å². The summed E-state index contributed by atoms with van der Waals surface area (Å²) in [7, 11) is 0. The highest BCUT2D eigenvalue weighted by Gasteiger charge is 2.39. The second kappa shape index (κ2) is 10.5. The molecule has 2 amide bonds. The predicted molar refractivity (Wildman–Crippen MR) is 134 cm³/mol. The Morgan fingerprint density at radius 1 is 1.00 bits per heavy atom. The number of rotatable bonds is 7. The lowest BCUT2D eigenvalue weighted by molar-refractivity contribution is -0.128. The molecule has 1 saturated heterocycles. The van der Waals surface area contributed by atoms with E-state index in [4.69, 9.17) is 16.7 Å². The average molecular weight is 494 g/mol. The molecule has 34 heavy (non-hydrogen) atoms. The van der Waals surface area contributed by atoms with Gasteiger partial charge in [0.05, 0.1) is 17.8 Å². The van der Waals surface area contributed by atoms with Crippen LogP contribution in [0, 0.1) is 0 Å². The van der Waals surface area contributed by atoms with Gasteiger partial charge in [0.2, 0.25) is 11.8 Å². The zero-order valence-electron chi connectivity index (χ0n) is 17.8. The van der Waals surface area contributed by atoms with Crippen molar-refractivity contribution in [1.29, 1.82) is 0 Å². The van der Waals surface area contributed by atoms with Gasteiger partial charge in [-0.05, 0) is 54.1 Å². The SMILES string of the molecule is O=C(C[C@H]1SC(=Nc2ccc(Cl)cc2)N(Cc2ccccc2)C1=O)Nc1ccc(C(=O)O)cc1. The van der Waals surface area contributed by atoms with E-state index in [1.54, 1.807) is 29.2 Å². The number of nitrogens with zero attached hydrogens (tertiary/aromatic N) is 2. The standard InChI is InChI=1S/C25H20ClN3O4S/c26-18-8-12-20(13-9-18)28-25-29(15-16-4-2-1-3-5-16)23(31)21(34-25)14-22(30)27-19-10-6-17(7-11-19)24(32)33/h1-13,21H,14-15H2,(H,27,30)(H,32,33)/t21-/m1/s1. The molecule has 3 aromatic carbocycles. The summed E-state index contributed by atoms with van der Waals surface area (Å²) in [6.45, 7) is 0.341. The molecule has 1 heterocycles. The molecule has 0 radical (unpaired) electrons. The normalized spacial score (nSPS) is 16.6. The zero-order chi connectivity index (χ0) is 24.1. The first kappa shape index (κ1) is 23.5. The van der Waals surface area contributed by atoms with Crippen LogP contribution in [0.1, 0.15) is 22.3 Å². The number of amides is 2. The molecule has 0 saturated carbocycles. The minimum Gasteiger partial charge on any atom is -0.478 e. The summed E-state index contributed by atoms with van der Waals surface area (Å²) in [5, 5.41) is 12.2. The number of aromatic carboxylic acids is 1. The van der Waals surface area contributed by atoms with Crippen molar-refractivity contribution in [3.05, 3.63) is 95.0 Å². The number of nitrogens with one attached hydrogen (secondary N) is 1. The lowest BCUT2D eigenvalue weighted by Gasteiger charge is -2.16. The van der Waals surface area contributed by atoms with Gasteiger partial charge in [0.1, 0.15) is 5.25 Å². The van der Waals surface area contributed by atoms with Crippen molar-refractivity contribution < 1.29 is 19.5 Å². The predicted octanol–water partition coefficient (Wildman–Crippen LogP) is 5.20. The van der Waals surface area contributed by atoms with Gasteiger partial charge in [0.25, 0.3) is 0 Å². The van der Waals surface area contributed by atoms with Gasteiger partial charge in [-0.1, -0.05) is 53.7 Å². The molecule has 0 unspecified atom stereocenters. The van der Waals surface area contributed by atoms with Crippen LogP contribution in [-0.4, -0.2) is 38.2 Å². The van der Waals surface area contributed by atoms with Crippen molar-refractivity contribution in [3.63, 3.8) is 0 Å². The minimum absolute atomic E-state index is 0.0465. The number of anilines is 1. The molecule has 7 nitrogen and oxygen atoms in total. The molecule has 3 aromatic rings. The quantitative estimate of drug-likeness (QED) is 0.471. The maximum absolute atomic E-state index is 13.2. The van der Waals surface area contributed by atoms with E-state index in [9.17, 15) is 14.4 Å². The van der Waals surface area contributed by atoms with Gasteiger partial charge in [0, 0.05) is 17.1 Å². The molecule has 0 spiro atoms. The smallest absolute Gasteiger partial charge is 0.335 e. The molecular weight excluding hydrogens is 474 g/mol. The molecule has 1 fully saturated rings. The van der Waals surface area contributed by atoms with Gasteiger partial charge in [-0.25, -0.2) is 9.79 Å². The number of thioether (sulfide) groups is 1. The fourth-order valence-corrected chi connectivity index (χ4v) is 4.62. The number of aliphatic imine (C=N–C) groups is 1. The Hall–Kier alpha value is -3.62. The van der Waals surface area contributed by atoms with E-state index in [0.29, 0.717) is 28.1 Å². The van der Waals surface area contributed by atoms with Crippen LogP contribution in [0.15, 0.2) is 83.9 Å². The number of carboxylic acids is 1. The number of amidine groups is 1. The van der Waals surface area contributed by atoms with Crippen molar-refractivity contribution in [2.24, 2.45) is 4.99 Å². The summed E-state index contributed by atoms with van der Waals surface area (Å²) in [4.78, 5) is 43.1. The molecule has 4 rings (SSSR count). The molecule has 1 aliphatic heterocycles. The van der Waals surface area contributed by atoms with E-state index in [-0.39, 0.29) is 23.8 Å². The Morgan fingerprint density at radius 3 is 2.32 bits per heavy atom. The van der Waals surface area contributed by atoms with Gasteiger partial charge in [0.15, 0.2) is 5.17 Å². The zero-order valence-corrected chi connectivity index (χ0v) is 19.4. The largest absolute Gasteiger partial charge is 0.478 e. The number of benzene rings is 3. The van der Waals surface area contributed by atoms with E-state index in [2.05, 4.69) is 10.3 Å². The first-order valence-electron chi connectivity index (χ1n) is 10.4. The van der Waals surface area contributed by atoms with E-state index < -0.39 is 11.2 Å².